The van der Waals surface area contributed by atoms with Gasteiger partial charge in [0.1, 0.15) is 18.1 Å². The minimum absolute atomic E-state index is 0.101. The normalized spacial score (nSPS) is 30.8. The molecule has 4 fully saturated rings. The summed E-state index contributed by atoms with van der Waals surface area (Å²) in [5.74, 6) is -0.447. The van der Waals surface area contributed by atoms with E-state index in [0.29, 0.717) is 26.1 Å². The highest BCUT2D eigenvalue weighted by atomic mass is 19.1. The lowest BCUT2D eigenvalue weighted by Crippen LogP contribution is -2.69. The number of carbonyl (C=O) groups excluding carboxylic acids is 1. The first-order valence-electron chi connectivity index (χ1n) is 10.9. The zero-order chi connectivity index (χ0) is 21.3. The molecule has 5 rings (SSSR count). The van der Waals surface area contributed by atoms with Crippen molar-refractivity contribution in [3.05, 3.63) is 35.6 Å². The molecule has 5 atom stereocenters. The van der Waals surface area contributed by atoms with Crippen LogP contribution in [0.1, 0.15) is 37.7 Å². The van der Waals surface area contributed by atoms with Crippen molar-refractivity contribution in [2.24, 2.45) is 5.73 Å². The summed E-state index contributed by atoms with van der Waals surface area (Å²) >= 11 is 0. The van der Waals surface area contributed by atoms with E-state index >= 15 is 0 Å². The van der Waals surface area contributed by atoms with E-state index in [-0.39, 0.29) is 29.8 Å². The summed E-state index contributed by atoms with van der Waals surface area (Å²) in [6, 6.07) is 7.64. The van der Waals surface area contributed by atoms with Crippen LogP contribution in [0.15, 0.2) is 24.3 Å². The zero-order valence-corrected chi connectivity index (χ0v) is 17.2. The van der Waals surface area contributed by atoms with Gasteiger partial charge in [-0.1, -0.05) is 12.1 Å². The molecule has 2 bridgehead atoms. The van der Waals surface area contributed by atoms with Crippen molar-refractivity contribution in [2.75, 3.05) is 19.6 Å². The highest BCUT2D eigenvalue weighted by molar-refractivity contribution is 5.82. The highest BCUT2D eigenvalue weighted by Crippen LogP contribution is 2.34. The molecule has 0 radical (unpaired) electrons. The van der Waals surface area contributed by atoms with E-state index < -0.39 is 12.3 Å². The van der Waals surface area contributed by atoms with E-state index in [9.17, 15) is 19.6 Å². The number of halogens is 1. The first-order chi connectivity index (χ1) is 14.5. The quantitative estimate of drug-likeness (QED) is 0.746. The van der Waals surface area contributed by atoms with E-state index in [1.165, 1.54) is 12.1 Å². The number of amides is 1. The molecule has 2 unspecified atom stereocenters. The van der Waals surface area contributed by atoms with Gasteiger partial charge < -0.3 is 15.7 Å². The molecule has 3 N–H and O–H groups in total. The van der Waals surface area contributed by atoms with Gasteiger partial charge in [0, 0.05) is 38.3 Å². The van der Waals surface area contributed by atoms with Crippen molar-refractivity contribution >= 4 is 5.91 Å². The largest absolute Gasteiger partial charge is 0.377 e. The Bertz CT molecular complexity index is 813. The lowest BCUT2D eigenvalue weighted by Gasteiger charge is -2.55. The third-order valence-corrected chi connectivity index (χ3v) is 6.80. The minimum Gasteiger partial charge on any atom is -0.377 e. The summed E-state index contributed by atoms with van der Waals surface area (Å²) in [6.07, 6.45) is 3.69. The molecule has 0 spiro atoms. The number of rotatable bonds is 5. The maximum absolute atomic E-state index is 13.5. The van der Waals surface area contributed by atoms with Crippen molar-refractivity contribution in [1.82, 2.24) is 14.7 Å². The summed E-state index contributed by atoms with van der Waals surface area (Å²) in [4.78, 5) is 18.7. The second kappa shape index (κ2) is 8.98. The molecule has 0 aliphatic carbocycles. The van der Waals surface area contributed by atoms with Gasteiger partial charge in [-0.2, -0.15) is 5.26 Å². The fourth-order valence-corrected chi connectivity index (χ4v) is 5.24. The van der Waals surface area contributed by atoms with Crippen molar-refractivity contribution in [3.8, 4) is 6.07 Å². The standard InChI is InChI=1S/C22H30FN5O2/c23-16-5-3-4-15(10-16)12-28-18-7-8-20(22(28)30)26(13-18)14-19(25)21(29)27-9-2-1-6-17(27)11-24/h3-5,10,17-20,22,30H,1-2,6-9,12-14,25H2/t17-,18-,19-,20?,22?/m0/s1. The average molecular weight is 416 g/mol. The van der Waals surface area contributed by atoms with Gasteiger partial charge in [0.25, 0.3) is 0 Å². The molecule has 4 aliphatic heterocycles. The van der Waals surface area contributed by atoms with Crippen LogP contribution in [0.3, 0.4) is 0 Å². The summed E-state index contributed by atoms with van der Waals surface area (Å²) in [6.45, 7) is 2.18. The molecular weight excluding hydrogens is 385 g/mol. The average Bonchev–Trinajstić information content (AvgIpc) is 2.75. The molecule has 8 heteroatoms. The van der Waals surface area contributed by atoms with Gasteiger partial charge in [-0.25, -0.2) is 4.39 Å². The Morgan fingerprint density at radius 1 is 1.33 bits per heavy atom. The van der Waals surface area contributed by atoms with E-state index in [4.69, 9.17) is 5.73 Å². The predicted octanol–water partition coefficient (Wildman–Crippen LogP) is 1.02. The third kappa shape index (κ3) is 4.21. The number of nitrogens with zero attached hydrogens (tertiary/aromatic N) is 4. The topological polar surface area (TPSA) is 96.8 Å². The molecule has 0 saturated carbocycles. The number of piperidine rings is 3. The Morgan fingerprint density at radius 3 is 2.90 bits per heavy atom. The van der Waals surface area contributed by atoms with Crippen LogP contribution in [0.5, 0.6) is 0 Å². The van der Waals surface area contributed by atoms with Gasteiger partial charge in [-0.3, -0.25) is 14.6 Å². The number of hydrogen-bond donors (Lipinski definition) is 2. The summed E-state index contributed by atoms with van der Waals surface area (Å²) < 4.78 is 13.5. The lowest BCUT2D eigenvalue weighted by atomic mass is 9.88. The smallest absolute Gasteiger partial charge is 0.241 e. The number of benzene rings is 1. The molecule has 1 aromatic rings. The second-order valence-electron chi connectivity index (χ2n) is 8.75. The number of nitrogens with two attached hydrogens (primary N) is 1. The number of nitriles is 1. The van der Waals surface area contributed by atoms with E-state index in [1.807, 2.05) is 11.0 Å². The fourth-order valence-electron chi connectivity index (χ4n) is 5.24. The van der Waals surface area contributed by atoms with Crippen LogP contribution in [0.4, 0.5) is 4.39 Å². The molecule has 4 aliphatic rings. The zero-order valence-electron chi connectivity index (χ0n) is 17.2. The first kappa shape index (κ1) is 21.2. The van der Waals surface area contributed by atoms with Gasteiger partial charge in [-0.15, -0.1) is 0 Å². The second-order valence-corrected chi connectivity index (χ2v) is 8.75. The SMILES string of the molecule is N#C[C@@H]1CCCCN1C(=O)[C@@H](N)CN1C[C@@H]2CCC1C(O)N2Cc1cccc(F)c1. The minimum atomic E-state index is -0.706. The third-order valence-electron chi connectivity index (χ3n) is 6.80. The lowest BCUT2D eigenvalue weighted by molar-refractivity contribution is -0.163. The van der Waals surface area contributed by atoms with Gasteiger partial charge in [0.05, 0.1) is 12.1 Å². The highest BCUT2D eigenvalue weighted by Gasteiger charge is 2.46. The first-order valence-corrected chi connectivity index (χ1v) is 10.9. The summed E-state index contributed by atoms with van der Waals surface area (Å²) in [7, 11) is 0. The van der Waals surface area contributed by atoms with Crippen LogP contribution >= 0.6 is 0 Å². The van der Waals surface area contributed by atoms with Gasteiger partial charge in [0.15, 0.2) is 0 Å². The van der Waals surface area contributed by atoms with Crippen molar-refractivity contribution in [3.63, 3.8) is 0 Å². The fraction of sp³-hybridized carbons (Fsp3) is 0.636. The summed E-state index contributed by atoms with van der Waals surface area (Å²) in [5, 5.41) is 20.3. The van der Waals surface area contributed by atoms with E-state index in [1.54, 1.807) is 11.0 Å². The molecule has 4 heterocycles. The number of likely N-dealkylation sites (tertiary alicyclic amines) is 1. The van der Waals surface area contributed by atoms with Crippen LogP contribution < -0.4 is 5.73 Å². The Morgan fingerprint density at radius 2 is 2.17 bits per heavy atom. The Hall–Kier alpha value is -2.05. The van der Waals surface area contributed by atoms with Crippen LogP contribution in [-0.2, 0) is 11.3 Å². The predicted molar refractivity (Wildman–Crippen MR) is 109 cm³/mol. The molecule has 0 aromatic heterocycles. The van der Waals surface area contributed by atoms with Crippen molar-refractivity contribution < 1.29 is 14.3 Å². The van der Waals surface area contributed by atoms with Gasteiger partial charge >= 0.3 is 0 Å². The Kier molecular flexibility index (Phi) is 6.34. The number of aliphatic hydroxyl groups is 1. The maximum atomic E-state index is 13.5. The Balaban J connectivity index is 1.39. The maximum Gasteiger partial charge on any atom is 0.241 e. The van der Waals surface area contributed by atoms with Crippen LogP contribution in [0.2, 0.25) is 0 Å². The number of hydrogen-bond acceptors (Lipinski definition) is 6. The molecule has 30 heavy (non-hydrogen) atoms. The van der Waals surface area contributed by atoms with Gasteiger partial charge in [0.2, 0.25) is 5.91 Å². The number of fused-ring (bicyclic) bond motifs is 3. The number of carbonyl (C=O) groups is 1. The Labute approximate surface area is 176 Å². The molecule has 4 saturated heterocycles. The van der Waals surface area contributed by atoms with Crippen molar-refractivity contribution in [1.29, 1.82) is 5.26 Å². The number of piperazine rings is 1. The number of aliphatic hydroxyl groups excluding tert-OH is 1. The van der Waals surface area contributed by atoms with Gasteiger partial charge in [-0.05, 0) is 49.8 Å². The van der Waals surface area contributed by atoms with Crippen LogP contribution in [-0.4, -0.2) is 75.7 Å². The van der Waals surface area contributed by atoms with E-state index in [2.05, 4.69) is 11.0 Å². The molecule has 1 amide bonds. The summed E-state index contributed by atoms with van der Waals surface area (Å²) in [5.41, 5.74) is 7.11. The van der Waals surface area contributed by atoms with Crippen LogP contribution in [0.25, 0.3) is 0 Å². The molecule has 162 valence electrons. The molecular formula is C22H30FN5O2. The van der Waals surface area contributed by atoms with Crippen LogP contribution in [0, 0.1) is 17.1 Å². The van der Waals surface area contributed by atoms with E-state index in [0.717, 1.165) is 37.8 Å². The van der Waals surface area contributed by atoms with Crippen molar-refractivity contribution in [2.45, 2.75) is 69.0 Å². The molecule has 1 aromatic carbocycles. The monoisotopic (exact) mass is 415 g/mol. The molecule has 7 nitrogen and oxygen atoms in total.